The van der Waals surface area contributed by atoms with E-state index in [2.05, 4.69) is 5.32 Å². The number of hydrogen-bond acceptors (Lipinski definition) is 2. The van der Waals surface area contributed by atoms with Crippen molar-refractivity contribution < 1.29 is 9.59 Å². The number of nitrogens with one attached hydrogen (secondary N) is 1. The van der Waals surface area contributed by atoms with Gasteiger partial charge in [0.25, 0.3) is 0 Å². The fourth-order valence-corrected chi connectivity index (χ4v) is 1.46. The van der Waals surface area contributed by atoms with Gasteiger partial charge in [-0.1, -0.05) is 6.92 Å². The minimum absolute atomic E-state index is 0.206. The van der Waals surface area contributed by atoms with Gasteiger partial charge in [-0.2, -0.15) is 0 Å². The van der Waals surface area contributed by atoms with Crippen molar-refractivity contribution in [2.75, 3.05) is 19.6 Å². The molecule has 1 N–H and O–H groups in total. The molecule has 0 aromatic carbocycles. The number of carbonyl (C=O) groups is 2. The number of nitrogens with zero attached hydrogens (tertiary/aromatic N) is 1. The van der Waals surface area contributed by atoms with E-state index in [-0.39, 0.29) is 5.91 Å². The number of carbonyl (C=O) groups excluding carboxylic acids is 2. The maximum atomic E-state index is 11.6. The molecular weight excluding hydrogens is 192 g/mol. The summed E-state index contributed by atoms with van der Waals surface area (Å²) >= 11 is 0. The molecule has 2 amide bonds. The van der Waals surface area contributed by atoms with Gasteiger partial charge in [-0.3, -0.25) is 9.59 Å². The van der Waals surface area contributed by atoms with Crippen LogP contribution in [0, 0.1) is 5.92 Å². The van der Waals surface area contributed by atoms with Crippen LogP contribution in [0.2, 0.25) is 0 Å². The van der Waals surface area contributed by atoms with E-state index < -0.39 is 0 Å². The minimum Gasteiger partial charge on any atom is -0.358 e. The lowest BCUT2D eigenvalue weighted by molar-refractivity contribution is -0.131. The molecule has 1 atom stereocenters. The van der Waals surface area contributed by atoms with E-state index in [0.717, 1.165) is 19.5 Å². The van der Waals surface area contributed by atoms with E-state index in [4.69, 9.17) is 0 Å². The summed E-state index contributed by atoms with van der Waals surface area (Å²) in [6.45, 7) is 8.20. The molecule has 0 aliphatic carbocycles. The summed E-state index contributed by atoms with van der Waals surface area (Å²) in [5, 5.41) is 2.62. The Labute approximate surface area is 92.0 Å². The highest BCUT2D eigenvalue weighted by Crippen LogP contribution is 2.06. The molecule has 15 heavy (non-hydrogen) atoms. The molecule has 88 valence electrons. The van der Waals surface area contributed by atoms with E-state index in [1.165, 1.54) is 0 Å². The fourth-order valence-electron chi connectivity index (χ4n) is 1.46. The van der Waals surface area contributed by atoms with Gasteiger partial charge >= 0.3 is 0 Å². The molecule has 0 spiro atoms. The van der Waals surface area contributed by atoms with Gasteiger partial charge < -0.3 is 10.2 Å². The van der Waals surface area contributed by atoms with Crippen molar-refractivity contribution in [1.29, 1.82) is 0 Å². The second-order valence-electron chi connectivity index (χ2n) is 3.74. The van der Waals surface area contributed by atoms with Crippen LogP contribution in [0.1, 0.15) is 33.6 Å². The van der Waals surface area contributed by atoms with Crippen LogP contribution in [0.5, 0.6) is 0 Å². The third kappa shape index (κ3) is 6.10. The van der Waals surface area contributed by atoms with Crippen LogP contribution >= 0.6 is 0 Å². The monoisotopic (exact) mass is 214 g/mol. The van der Waals surface area contributed by atoms with Crippen molar-refractivity contribution in [3.05, 3.63) is 0 Å². The Morgan fingerprint density at radius 3 is 2.47 bits per heavy atom. The molecule has 4 nitrogen and oxygen atoms in total. The molecular formula is C11H22N2O2. The quantitative estimate of drug-likeness (QED) is 0.613. The summed E-state index contributed by atoms with van der Waals surface area (Å²) in [6.07, 6.45) is 2.10. The van der Waals surface area contributed by atoms with Gasteiger partial charge in [0.1, 0.15) is 0 Å². The van der Waals surface area contributed by atoms with E-state index >= 15 is 0 Å². The van der Waals surface area contributed by atoms with Gasteiger partial charge in [0.15, 0.2) is 0 Å². The molecule has 0 fully saturated rings. The zero-order chi connectivity index (χ0) is 11.7. The molecule has 0 aliphatic rings. The first-order chi connectivity index (χ1) is 7.15. The second kappa shape index (κ2) is 8.26. The summed E-state index contributed by atoms with van der Waals surface area (Å²) in [5.41, 5.74) is 0. The lowest BCUT2D eigenvalue weighted by Crippen LogP contribution is -2.31. The summed E-state index contributed by atoms with van der Waals surface area (Å²) in [4.78, 5) is 23.5. The fraction of sp³-hybridized carbons (Fsp3) is 0.818. The highest BCUT2D eigenvalue weighted by molar-refractivity contribution is 5.76. The van der Waals surface area contributed by atoms with Crippen molar-refractivity contribution in [2.24, 2.45) is 5.92 Å². The lowest BCUT2D eigenvalue weighted by atomic mass is 10.1. The highest BCUT2D eigenvalue weighted by atomic mass is 16.2. The molecule has 0 heterocycles. The van der Waals surface area contributed by atoms with Gasteiger partial charge in [0.05, 0.1) is 0 Å². The Bertz CT molecular complexity index is 191. The van der Waals surface area contributed by atoms with Crippen LogP contribution in [-0.4, -0.2) is 36.9 Å². The molecule has 0 aromatic rings. The Balaban J connectivity index is 3.73. The molecule has 0 saturated heterocycles. The van der Waals surface area contributed by atoms with Crippen molar-refractivity contribution in [3.63, 3.8) is 0 Å². The van der Waals surface area contributed by atoms with E-state index in [1.54, 1.807) is 0 Å². The Morgan fingerprint density at radius 1 is 1.40 bits per heavy atom. The van der Waals surface area contributed by atoms with Crippen LogP contribution in [0.3, 0.4) is 0 Å². The summed E-state index contributed by atoms with van der Waals surface area (Å²) in [5.74, 6) is 0.563. The van der Waals surface area contributed by atoms with Crippen LogP contribution in [0.15, 0.2) is 0 Å². The predicted molar refractivity (Wildman–Crippen MR) is 60.4 cm³/mol. The smallest absolute Gasteiger partial charge is 0.222 e. The molecule has 0 saturated carbocycles. The van der Waals surface area contributed by atoms with Gasteiger partial charge in [-0.15, -0.1) is 0 Å². The molecule has 0 radical (unpaired) electrons. The molecule has 0 rings (SSSR count). The highest BCUT2D eigenvalue weighted by Gasteiger charge is 2.11. The molecule has 1 unspecified atom stereocenters. The second-order valence-corrected chi connectivity index (χ2v) is 3.74. The van der Waals surface area contributed by atoms with Gasteiger partial charge in [-0.25, -0.2) is 0 Å². The number of rotatable bonds is 8. The third-order valence-corrected chi connectivity index (χ3v) is 2.52. The van der Waals surface area contributed by atoms with Crippen LogP contribution in [0.25, 0.3) is 0 Å². The molecule has 0 aliphatic heterocycles. The molecule has 0 bridgehead atoms. The number of hydrogen-bond donors (Lipinski definition) is 1. The average molecular weight is 214 g/mol. The standard InChI is InChI=1S/C11H22N2O2/c1-4-13(5-2)11(15)7-6-10(3)8-12-9-14/h9-10H,4-8H2,1-3H3,(H,12,14). The maximum absolute atomic E-state index is 11.6. The summed E-state index contributed by atoms with van der Waals surface area (Å²) in [7, 11) is 0. The average Bonchev–Trinajstić information content (AvgIpc) is 2.25. The first kappa shape index (κ1) is 13.9. The summed E-state index contributed by atoms with van der Waals surface area (Å²) in [6, 6.07) is 0. The first-order valence-corrected chi connectivity index (χ1v) is 5.60. The van der Waals surface area contributed by atoms with Gasteiger partial charge in [0.2, 0.25) is 12.3 Å². The molecule has 0 aromatic heterocycles. The van der Waals surface area contributed by atoms with Crippen molar-refractivity contribution >= 4 is 12.3 Å². The predicted octanol–water partition coefficient (Wildman–Crippen LogP) is 1.02. The lowest BCUT2D eigenvalue weighted by Gasteiger charge is -2.19. The van der Waals surface area contributed by atoms with E-state index in [9.17, 15) is 9.59 Å². The Hall–Kier alpha value is -1.06. The normalized spacial score (nSPS) is 11.9. The van der Waals surface area contributed by atoms with Crippen molar-refractivity contribution in [2.45, 2.75) is 33.6 Å². The van der Waals surface area contributed by atoms with E-state index in [0.29, 0.717) is 25.3 Å². The van der Waals surface area contributed by atoms with Crippen LogP contribution in [0.4, 0.5) is 0 Å². The van der Waals surface area contributed by atoms with Gasteiger partial charge in [0, 0.05) is 26.1 Å². The van der Waals surface area contributed by atoms with Crippen molar-refractivity contribution in [3.8, 4) is 0 Å². The van der Waals surface area contributed by atoms with Gasteiger partial charge in [-0.05, 0) is 26.2 Å². The largest absolute Gasteiger partial charge is 0.358 e. The topological polar surface area (TPSA) is 49.4 Å². The third-order valence-electron chi connectivity index (χ3n) is 2.52. The minimum atomic E-state index is 0.206. The summed E-state index contributed by atoms with van der Waals surface area (Å²) < 4.78 is 0. The van der Waals surface area contributed by atoms with Crippen LogP contribution < -0.4 is 5.32 Å². The molecule has 4 heteroatoms. The number of amides is 2. The Kier molecular flexibility index (Phi) is 7.68. The van der Waals surface area contributed by atoms with E-state index in [1.807, 2.05) is 25.7 Å². The Morgan fingerprint density at radius 2 is 2.00 bits per heavy atom. The maximum Gasteiger partial charge on any atom is 0.222 e. The van der Waals surface area contributed by atoms with Crippen LogP contribution in [-0.2, 0) is 9.59 Å². The zero-order valence-corrected chi connectivity index (χ0v) is 9.95. The van der Waals surface area contributed by atoms with Crippen molar-refractivity contribution in [1.82, 2.24) is 10.2 Å². The SMILES string of the molecule is CCN(CC)C(=O)CCC(C)CNC=O. The zero-order valence-electron chi connectivity index (χ0n) is 9.95. The first-order valence-electron chi connectivity index (χ1n) is 5.60.